The Kier molecular flexibility index (Phi) is 6.18. The van der Waals surface area contributed by atoms with Crippen LogP contribution in [0.2, 0.25) is 5.02 Å². The van der Waals surface area contributed by atoms with E-state index in [2.05, 4.69) is 5.32 Å². The minimum atomic E-state index is -0.871. The smallest absolute Gasteiger partial charge is 0.303 e. The van der Waals surface area contributed by atoms with Crippen LogP contribution in [0.3, 0.4) is 0 Å². The Morgan fingerprint density at radius 1 is 1.47 bits per heavy atom. The maximum atomic E-state index is 12.0. The van der Waals surface area contributed by atoms with Gasteiger partial charge < -0.3 is 10.4 Å². The average molecular weight is 302 g/mol. The van der Waals surface area contributed by atoms with E-state index in [1.54, 1.807) is 19.1 Å². The van der Waals surface area contributed by atoms with Gasteiger partial charge in [0.1, 0.15) is 0 Å². The first-order chi connectivity index (χ1) is 8.93. The highest BCUT2D eigenvalue weighted by atomic mass is 35.5. The topological polar surface area (TPSA) is 66.4 Å². The van der Waals surface area contributed by atoms with E-state index in [9.17, 15) is 9.59 Å². The molecule has 1 unspecified atom stereocenters. The first kappa shape index (κ1) is 15.9. The van der Waals surface area contributed by atoms with Crippen LogP contribution in [-0.2, 0) is 4.79 Å². The van der Waals surface area contributed by atoms with E-state index >= 15 is 0 Å². The molecule has 104 valence electrons. The van der Waals surface area contributed by atoms with Crippen LogP contribution in [0.15, 0.2) is 23.1 Å². The number of halogens is 1. The first-order valence-electron chi connectivity index (χ1n) is 5.77. The van der Waals surface area contributed by atoms with Gasteiger partial charge in [0, 0.05) is 17.9 Å². The van der Waals surface area contributed by atoms with Crippen molar-refractivity contribution in [2.45, 2.75) is 18.2 Å². The number of rotatable bonds is 6. The Morgan fingerprint density at radius 3 is 2.74 bits per heavy atom. The van der Waals surface area contributed by atoms with Crippen LogP contribution in [0, 0.1) is 5.92 Å². The van der Waals surface area contributed by atoms with Crippen LogP contribution in [0.1, 0.15) is 23.7 Å². The molecule has 0 aromatic heterocycles. The van der Waals surface area contributed by atoms with E-state index in [1.165, 1.54) is 11.8 Å². The van der Waals surface area contributed by atoms with Gasteiger partial charge in [-0.2, -0.15) is 0 Å². The van der Waals surface area contributed by atoms with Gasteiger partial charge in [0.25, 0.3) is 5.91 Å². The van der Waals surface area contributed by atoms with Gasteiger partial charge in [0.05, 0.1) is 10.6 Å². The Morgan fingerprint density at radius 2 is 2.16 bits per heavy atom. The van der Waals surface area contributed by atoms with Crippen LogP contribution in [-0.4, -0.2) is 29.8 Å². The molecule has 1 atom stereocenters. The van der Waals surface area contributed by atoms with Crippen molar-refractivity contribution in [2.75, 3.05) is 12.8 Å². The summed E-state index contributed by atoms with van der Waals surface area (Å²) in [4.78, 5) is 23.4. The monoisotopic (exact) mass is 301 g/mol. The number of hydrogen-bond acceptors (Lipinski definition) is 3. The summed E-state index contributed by atoms with van der Waals surface area (Å²) in [6, 6.07) is 5.25. The van der Waals surface area contributed by atoms with E-state index in [1.807, 2.05) is 12.3 Å². The normalized spacial score (nSPS) is 11.9. The Bertz CT molecular complexity index is 479. The lowest BCUT2D eigenvalue weighted by Crippen LogP contribution is -2.29. The molecule has 0 radical (unpaired) electrons. The van der Waals surface area contributed by atoms with Crippen molar-refractivity contribution >= 4 is 35.2 Å². The van der Waals surface area contributed by atoms with Crippen molar-refractivity contribution in [3.63, 3.8) is 0 Å². The van der Waals surface area contributed by atoms with Crippen LogP contribution < -0.4 is 5.32 Å². The quantitative estimate of drug-likeness (QED) is 0.793. The predicted molar refractivity (Wildman–Crippen MR) is 77.0 cm³/mol. The van der Waals surface area contributed by atoms with Gasteiger partial charge in [0.15, 0.2) is 0 Å². The second kappa shape index (κ2) is 7.40. The molecular formula is C13H16ClNO3S. The molecule has 0 saturated heterocycles. The third-order valence-electron chi connectivity index (χ3n) is 2.55. The fraction of sp³-hybridized carbons (Fsp3) is 0.385. The van der Waals surface area contributed by atoms with Gasteiger partial charge in [-0.05, 0) is 30.4 Å². The number of amides is 1. The summed E-state index contributed by atoms with van der Waals surface area (Å²) in [7, 11) is 0. The minimum Gasteiger partial charge on any atom is -0.481 e. The summed E-state index contributed by atoms with van der Waals surface area (Å²) in [6.45, 7) is 2.08. The van der Waals surface area contributed by atoms with Gasteiger partial charge in [-0.25, -0.2) is 0 Å². The number of carbonyl (C=O) groups is 2. The summed E-state index contributed by atoms with van der Waals surface area (Å²) in [6.07, 6.45) is 1.94. The molecular weight excluding hydrogens is 286 g/mol. The Hall–Kier alpha value is -1.20. The lowest BCUT2D eigenvalue weighted by Gasteiger charge is -2.11. The molecule has 1 amide bonds. The number of carboxylic acid groups (broad SMARTS) is 1. The van der Waals surface area contributed by atoms with E-state index < -0.39 is 5.97 Å². The molecule has 0 saturated carbocycles. The highest BCUT2D eigenvalue weighted by Gasteiger charge is 2.13. The van der Waals surface area contributed by atoms with E-state index in [0.717, 1.165) is 4.90 Å². The van der Waals surface area contributed by atoms with Crippen molar-refractivity contribution in [3.05, 3.63) is 28.8 Å². The van der Waals surface area contributed by atoms with E-state index in [0.29, 0.717) is 17.1 Å². The van der Waals surface area contributed by atoms with Crippen molar-refractivity contribution in [1.29, 1.82) is 0 Å². The molecule has 1 rings (SSSR count). The molecule has 0 heterocycles. The summed E-state index contributed by atoms with van der Waals surface area (Å²) >= 11 is 7.51. The van der Waals surface area contributed by atoms with Crippen molar-refractivity contribution in [2.24, 2.45) is 5.92 Å². The Balaban J connectivity index is 2.65. The van der Waals surface area contributed by atoms with Crippen molar-refractivity contribution in [3.8, 4) is 0 Å². The number of nitrogens with one attached hydrogen (secondary N) is 1. The molecule has 0 fully saturated rings. The molecule has 0 aliphatic heterocycles. The number of benzene rings is 1. The highest BCUT2D eigenvalue weighted by molar-refractivity contribution is 7.98. The molecule has 2 N–H and O–H groups in total. The summed E-state index contributed by atoms with van der Waals surface area (Å²) in [5.74, 6) is -1.27. The van der Waals surface area contributed by atoms with Gasteiger partial charge >= 0.3 is 5.97 Å². The maximum Gasteiger partial charge on any atom is 0.303 e. The molecule has 4 nitrogen and oxygen atoms in total. The van der Waals surface area contributed by atoms with E-state index in [4.69, 9.17) is 16.7 Å². The standard InChI is InChI=1S/C13H16ClNO3S/c1-8(5-12(16)17)7-15-13(18)10-6-9(19-2)3-4-11(10)14/h3-4,6,8H,5,7H2,1-2H3,(H,15,18)(H,16,17). The largest absolute Gasteiger partial charge is 0.481 e. The molecule has 1 aromatic rings. The van der Waals surface area contributed by atoms with Gasteiger partial charge in [-0.3, -0.25) is 9.59 Å². The van der Waals surface area contributed by atoms with Crippen LogP contribution in [0.5, 0.6) is 0 Å². The van der Waals surface area contributed by atoms with Crippen molar-refractivity contribution < 1.29 is 14.7 Å². The SMILES string of the molecule is CSc1ccc(Cl)c(C(=O)NCC(C)CC(=O)O)c1. The minimum absolute atomic E-state index is 0.0267. The third-order valence-corrected chi connectivity index (χ3v) is 3.61. The summed E-state index contributed by atoms with van der Waals surface area (Å²) < 4.78 is 0. The number of aliphatic carboxylic acids is 1. The number of carbonyl (C=O) groups excluding carboxylic acids is 1. The fourth-order valence-electron chi connectivity index (χ4n) is 1.54. The second-order valence-corrected chi connectivity index (χ2v) is 5.55. The van der Waals surface area contributed by atoms with Crippen LogP contribution in [0.4, 0.5) is 0 Å². The summed E-state index contributed by atoms with van der Waals surface area (Å²) in [5.41, 5.74) is 0.413. The van der Waals surface area contributed by atoms with E-state index in [-0.39, 0.29) is 18.2 Å². The van der Waals surface area contributed by atoms with Gasteiger partial charge in [0.2, 0.25) is 0 Å². The molecule has 0 bridgehead atoms. The molecule has 0 aliphatic rings. The fourth-order valence-corrected chi connectivity index (χ4v) is 2.18. The third kappa shape index (κ3) is 5.12. The van der Waals surface area contributed by atoms with Crippen LogP contribution in [0.25, 0.3) is 0 Å². The molecule has 1 aromatic carbocycles. The van der Waals surface area contributed by atoms with Crippen molar-refractivity contribution in [1.82, 2.24) is 5.32 Å². The summed E-state index contributed by atoms with van der Waals surface area (Å²) in [5, 5.41) is 11.7. The second-order valence-electron chi connectivity index (χ2n) is 4.26. The lowest BCUT2D eigenvalue weighted by molar-refractivity contribution is -0.137. The number of hydrogen-bond donors (Lipinski definition) is 2. The zero-order chi connectivity index (χ0) is 14.4. The maximum absolute atomic E-state index is 12.0. The molecule has 19 heavy (non-hydrogen) atoms. The van der Waals surface area contributed by atoms with Gasteiger partial charge in [-0.15, -0.1) is 11.8 Å². The number of carboxylic acids is 1. The van der Waals surface area contributed by atoms with Crippen LogP contribution >= 0.6 is 23.4 Å². The lowest BCUT2D eigenvalue weighted by atomic mass is 10.1. The molecule has 6 heteroatoms. The average Bonchev–Trinajstić information content (AvgIpc) is 2.35. The van der Waals surface area contributed by atoms with Gasteiger partial charge in [-0.1, -0.05) is 18.5 Å². The zero-order valence-corrected chi connectivity index (χ0v) is 12.3. The highest BCUT2D eigenvalue weighted by Crippen LogP contribution is 2.22. The molecule has 0 spiro atoms. The Labute approximate surface area is 121 Å². The predicted octanol–water partition coefficient (Wildman–Crippen LogP) is 2.90. The number of thioether (sulfide) groups is 1. The first-order valence-corrected chi connectivity index (χ1v) is 7.37. The molecule has 0 aliphatic carbocycles. The zero-order valence-electron chi connectivity index (χ0n) is 10.8.